The Morgan fingerprint density at radius 2 is 1.83 bits per heavy atom. The van der Waals surface area contributed by atoms with Gasteiger partial charge in [-0.3, -0.25) is 4.90 Å². The molecule has 126 valence electrons. The van der Waals surface area contributed by atoms with Crippen molar-refractivity contribution in [3.05, 3.63) is 54.1 Å². The van der Waals surface area contributed by atoms with Gasteiger partial charge in [-0.05, 0) is 42.3 Å². The Bertz CT molecular complexity index is 847. The van der Waals surface area contributed by atoms with Crippen LogP contribution in [0.25, 0.3) is 0 Å². The van der Waals surface area contributed by atoms with Gasteiger partial charge in [0, 0.05) is 18.8 Å². The molecule has 1 N–H and O–H groups in total. The number of hydrogen-bond acceptors (Lipinski definition) is 4. The van der Waals surface area contributed by atoms with Crippen LogP contribution < -0.4 is 14.4 Å². The number of urea groups is 1. The van der Waals surface area contributed by atoms with Gasteiger partial charge in [0.25, 0.3) is 0 Å². The number of nitrogens with one attached hydrogen (secondary N) is 1. The van der Waals surface area contributed by atoms with Crippen molar-refractivity contribution in [2.75, 3.05) is 18.0 Å². The maximum atomic E-state index is 12.5. The van der Waals surface area contributed by atoms with E-state index in [1.54, 1.807) is 29.2 Å². The largest absolute Gasteiger partial charge is 0.379 e. The van der Waals surface area contributed by atoms with E-state index in [1.807, 2.05) is 19.1 Å². The number of aryl methyl sites for hydroxylation is 1. The summed E-state index contributed by atoms with van der Waals surface area (Å²) in [5.74, 6) is 0.336. The first-order valence-electron chi connectivity index (χ1n) is 7.69. The third-order valence-corrected chi connectivity index (χ3v) is 5.10. The fourth-order valence-electron chi connectivity index (χ4n) is 2.55. The number of amides is 2. The molecule has 0 aromatic heterocycles. The highest BCUT2D eigenvalue weighted by Gasteiger charge is 2.23. The van der Waals surface area contributed by atoms with Gasteiger partial charge in [-0.15, -0.1) is 0 Å². The summed E-state index contributed by atoms with van der Waals surface area (Å²) in [5.41, 5.74) is 1.48. The molecule has 6 nitrogen and oxygen atoms in total. The Labute approximate surface area is 141 Å². The summed E-state index contributed by atoms with van der Waals surface area (Å²) in [6.07, 6.45) is 0.675. The van der Waals surface area contributed by atoms with Crippen molar-refractivity contribution in [1.29, 1.82) is 0 Å². The minimum Gasteiger partial charge on any atom is -0.379 e. The molecule has 24 heavy (non-hydrogen) atoms. The molecule has 1 aliphatic heterocycles. The molecule has 2 aromatic rings. The van der Waals surface area contributed by atoms with E-state index in [0.717, 1.165) is 5.56 Å². The van der Waals surface area contributed by atoms with Crippen LogP contribution in [-0.2, 0) is 16.5 Å². The fourth-order valence-corrected chi connectivity index (χ4v) is 3.52. The van der Waals surface area contributed by atoms with Crippen LogP contribution in [0.4, 0.5) is 10.5 Å². The van der Waals surface area contributed by atoms with Crippen LogP contribution in [0.15, 0.2) is 53.4 Å². The lowest BCUT2D eigenvalue weighted by atomic mass is 10.1. The van der Waals surface area contributed by atoms with Crippen LogP contribution in [0, 0.1) is 0 Å². The van der Waals surface area contributed by atoms with Crippen molar-refractivity contribution in [1.82, 2.24) is 5.32 Å². The molecule has 0 atom stereocenters. The highest BCUT2D eigenvalue weighted by molar-refractivity contribution is 7.87. The van der Waals surface area contributed by atoms with E-state index in [1.165, 1.54) is 12.1 Å². The topological polar surface area (TPSA) is 75.7 Å². The molecule has 1 aliphatic rings. The number of nitrogens with zero attached hydrogens (tertiary/aromatic N) is 1. The minimum absolute atomic E-state index is 0.0526. The van der Waals surface area contributed by atoms with Crippen molar-refractivity contribution < 1.29 is 17.4 Å². The lowest BCUT2D eigenvalue weighted by Crippen LogP contribution is -2.27. The summed E-state index contributed by atoms with van der Waals surface area (Å²) < 4.78 is 30.2. The first kappa shape index (κ1) is 16.3. The molecule has 0 radical (unpaired) electrons. The normalized spacial score (nSPS) is 14.5. The molecule has 1 fully saturated rings. The Morgan fingerprint density at radius 1 is 1.12 bits per heavy atom. The van der Waals surface area contributed by atoms with Crippen molar-refractivity contribution in [2.45, 2.75) is 18.2 Å². The van der Waals surface area contributed by atoms with Gasteiger partial charge in [0.05, 0.1) is 0 Å². The molecule has 2 aromatic carbocycles. The summed E-state index contributed by atoms with van der Waals surface area (Å²) in [5, 5.41) is 2.70. The maximum Gasteiger partial charge on any atom is 0.339 e. The van der Waals surface area contributed by atoms with Crippen molar-refractivity contribution in [3.8, 4) is 5.75 Å². The van der Waals surface area contributed by atoms with Crippen LogP contribution in [0.3, 0.4) is 0 Å². The number of carbonyl (C=O) groups is 1. The smallest absolute Gasteiger partial charge is 0.339 e. The van der Waals surface area contributed by atoms with E-state index >= 15 is 0 Å². The standard InChI is InChI=1S/C17H18N2O4S/c1-2-13-5-3-4-6-16(13)23-24(21,22)15-9-7-14(8-10-15)19-12-11-18-17(19)20/h3-10H,2,11-12H2,1H3,(H,18,20). The number of rotatable bonds is 5. The van der Waals surface area contributed by atoms with Crippen LogP contribution in [0.1, 0.15) is 12.5 Å². The number of carbonyl (C=O) groups excluding carboxylic acids is 1. The van der Waals surface area contributed by atoms with Crippen molar-refractivity contribution in [2.24, 2.45) is 0 Å². The predicted molar refractivity (Wildman–Crippen MR) is 90.8 cm³/mol. The Kier molecular flexibility index (Phi) is 4.44. The van der Waals surface area contributed by atoms with E-state index < -0.39 is 10.1 Å². The van der Waals surface area contributed by atoms with Gasteiger partial charge in [0.15, 0.2) is 0 Å². The SMILES string of the molecule is CCc1ccccc1OS(=O)(=O)c1ccc(N2CCNC2=O)cc1. The lowest BCUT2D eigenvalue weighted by molar-refractivity contribution is 0.252. The van der Waals surface area contributed by atoms with Gasteiger partial charge in [-0.2, -0.15) is 8.42 Å². The second-order valence-electron chi connectivity index (χ2n) is 5.38. The molecule has 1 saturated heterocycles. The number of hydrogen-bond donors (Lipinski definition) is 1. The second kappa shape index (κ2) is 6.52. The number of anilines is 1. The monoisotopic (exact) mass is 346 g/mol. The molecular formula is C17H18N2O4S. The first-order chi connectivity index (χ1) is 11.5. The summed E-state index contributed by atoms with van der Waals surface area (Å²) in [6.45, 7) is 3.08. The Morgan fingerprint density at radius 3 is 2.46 bits per heavy atom. The van der Waals surface area contributed by atoms with E-state index in [4.69, 9.17) is 4.18 Å². The summed E-state index contributed by atoms with van der Waals surface area (Å²) in [7, 11) is -3.92. The van der Waals surface area contributed by atoms with E-state index in [9.17, 15) is 13.2 Å². The summed E-state index contributed by atoms with van der Waals surface area (Å²) in [4.78, 5) is 13.3. The highest BCUT2D eigenvalue weighted by Crippen LogP contribution is 2.25. The van der Waals surface area contributed by atoms with Crippen LogP contribution in [0.2, 0.25) is 0 Å². The van der Waals surface area contributed by atoms with Gasteiger partial charge >= 0.3 is 16.1 Å². The minimum atomic E-state index is -3.92. The average Bonchev–Trinajstić information content (AvgIpc) is 3.01. The maximum absolute atomic E-state index is 12.5. The predicted octanol–water partition coefficient (Wildman–Crippen LogP) is 2.55. The molecule has 0 saturated carbocycles. The zero-order chi connectivity index (χ0) is 17.2. The van der Waals surface area contributed by atoms with E-state index in [0.29, 0.717) is 30.9 Å². The van der Waals surface area contributed by atoms with E-state index in [2.05, 4.69) is 5.32 Å². The quantitative estimate of drug-likeness (QED) is 0.844. The molecule has 1 heterocycles. The van der Waals surface area contributed by atoms with Crippen molar-refractivity contribution >= 4 is 21.8 Å². The third-order valence-electron chi connectivity index (χ3n) is 3.85. The van der Waals surface area contributed by atoms with Crippen LogP contribution in [-0.4, -0.2) is 27.5 Å². The van der Waals surface area contributed by atoms with Crippen LogP contribution in [0.5, 0.6) is 5.75 Å². The zero-order valence-electron chi connectivity index (χ0n) is 13.2. The molecule has 2 amide bonds. The van der Waals surface area contributed by atoms with Crippen LogP contribution >= 0.6 is 0 Å². The van der Waals surface area contributed by atoms with E-state index in [-0.39, 0.29) is 10.9 Å². The van der Waals surface area contributed by atoms with Crippen molar-refractivity contribution in [3.63, 3.8) is 0 Å². The lowest BCUT2D eigenvalue weighted by Gasteiger charge is -2.15. The molecular weight excluding hydrogens is 328 g/mol. The molecule has 0 bridgehead atoms. The van der Waals surface area contributed by atoms with Gasteiger partial charge < -0.3 is 9.50 Å². The molecule has 0 unspecified atom stereocenters. The third kappa shape index (κ3) is 3.21. The highest BCUT2D eigenvalue weighted by atomic mass is 32.2. The number of para-hydroxylation sites is 1. The van der Waals surface area contributed by atoms with Gasteiger partial charge in [-0.25, -0.2) is 4.79 Å². The molecule has 0 aliphatic carbocycles. The Hall–Kier alpha value is -2.54. The Balaban J connectivity index is 1.83. The first-order valence-corrected chi connectivity index (χ1v) is 9.10. The summed E-state index contributed by atoms with van der Waals surface area (Å²) >= 11 is 0. The fraction of sp³-hybridized carbons (Fsp3) is 0.235. The van der Waals surface area contributed by atoms with Gasteiger partial charge in [0.2, 0.25) is 0 Å². The number of benzene rings is 2. The van der Waals surface area contributed by atoms with Gasteiger partial charge in [0.1, 0.15) is 10.6 Å². The average molecular weight is 346 g/mol. The zero-order valence-corrected chi connectivity index (χ0v) is 14.0. The summed E-state index contributed by atoms with van der Waals surface area (Å²) in [6, 6.07) is 13.0. The molecule has 3 rings (SSSR count). The molecule has 7 heteroatoms. The second-order valence-corrected chi connectivity index (χ2v) is 6.92. The van der Waals surface area contributed by atoms with Gasteiger partial charge in [-0.1, -0.05) is 25.1 Å². The molecule has 0 spiro atoms.